The molecule has 2 aromatic rings. The van der Waals surface area contributed by atoms with Gasteiger partial charge in [-0.1, -0.05) is 45.0 Å². The van der Waals surface area contributed by atoms with Crippen LogP contribution in [0.1, 0.15) is 37.7 Å². The Morgan fingerprint density at radius 3 is 2.76 bits per heavy atom. The molecule has 4 nitrogen and oxygen atoms in total. The second-order valence-corrected chi connectivity index (χ2v) is 5.61. The normalized spacial score (nSPS) is 10.9. The molecule has 2 rings (SSSR count). The number of carbonyl (C=O) groups excluding carboxylic acids is 1. The topological polar surface area (TPSA) is 54.0 Å². The molecule has 0 bridgehead atoms. The van der Waals surface area contributed by atoms with Crippen molar-refractivity contribution in [2.75, 3.05) is 18.4 Å². The lowest BCUT2D eigenvalue weighted by atomic mass is 10.1. The molecular weight excluding hydrogens is 262 g/mol. The molecule has 2 N–H and O–H groups in total. The van der Waals surface area contributed by atoms with Crippen molar-refractivity contribution in [1.29, 1.82) is 0 Å². The zero-order valence-electron chi connectivity index (χ0n) is 12.9. The standard InChI is InChI=1S/C17H23N3O/c1-4-9-18-16-14-8-6-5-7-13(14)10-15(20-16)17(21)19-11-12(2)3/h5-8,10,12H,4,9,11H2,1-3H3,(H,18,20)(H,19,21). The summed E-state index contributed by atoms with van der Waals surface area (Å²) in [5.41, 5.74) is 0.466. The van der Waals surface area contributed by atoms with Crippen LogP contribution >= 0.6 is 0 Å². The van der Waals surface area contributed by atoms with E-state index in [0.717, 1.165) is 29.6 Å². The van der Waals surface area contributed by atoms with Crippen molar-refractivity contribution >= 4 is 22.5 Å². The van der Waals surface area contributed by atoms with E-state index in [-0.39, 0.29) is 5.91 Å². The predicted octanol–water partition coefficient (Wildman–Crippen LogP) is 3.44. The Hall–Kier alpha value is -2.10. The molecule has 0 saturated carbocycles. The summed E-state index contributed by atoms with van der Waals surface area (Å²) in [5, 5.41) is 8.30. The SMILES string of the molecule is CCCNc1nc(C(=O)NCC(C)C)cc2ccccc12. The summed E-state index contributed by atoms with van der Waals surface area (Å²) in [4.78, 5) is 16.7. The van der Waals surface area contributed by atoms with Crippen molar-refractivity contribution in [2.45, 2.75) is 27.2 Å². The monoisotopic (exact) mass is 285 g/mol. The average molecular weight is 285 g/mol. The number of pyridine rings is 1. The van der Waals surface area contributed by atoms with Crippen LogP contribution in [0.3, 0.4) is 0 Å². The van der Waals surface area contributed by atoms with Crippen molar-refractivity contribution < 1.29 is 4.79 Å². The summed E-state index contributed by atoms with van der Waals surface area (Å²) >= 11 is 0. The van der Waals surface area contributed by atoms with Crippen molar-refractivity contribution in [3.05, 3.63) is 36.0 Å². The van der Waals surface area contributed by atoms with E-state index in [1.807, 2.05) is 30.3 Å². The minimum Gasteiger partial charge on any atom is -0.370 e. The Morgan fingerprint density at radius 1 is 1.29 bits per heavy atom. The van der Waals surface area contributed by atoms with E-state index < -0.39 is 0 Å². The molecule has 1 amide bonds. The lowest BCUT2D eigenvalue weighted by molar-refractivity contribution is 0.0944. The molecule has 0 unspecified atom stereocenters. The Bertz CT molecular complexity index is 622. The average Bonchev–Trinajstić information content (AvgIpc) is 2.49. The first-order chi connectivity index (χ1) is 10.1. The minimum absolute atomic E-state index is 0.117. The van der Waals surface area contributed by atoms with Gasteiger partial charge in [0.15, 0.2) is 0 Å². The molecule has 112 valence electrons. The number of benzene rings is 1. The molecule has 4 heteroatoms. The van der Waals surface area contributed by atoms with E-state index >= 15 is 0 Å². The van der Waals surface area contributed by atoms with Crippen LogP contribution < -0.4 is 10.6 Å². The first kappa shape index (κ1) is 15.3. The number of aromatic nitrogens is 1. The van der Waals surface area contributed by atoms with Gasteiger partial charge in [0.25, 0.3) is 5.91 Å². The van der Waals surface area contributed by atoms with E-state index in [9.17, 15) is 4.79 Å². The Kier molecular flexibility index (Phi) is 5.14. The largest absolute Gasteiger partial charge is 0.370 e. The van der Waals surface area contributed by atoms with Gasteiger partial charge in [-0.15, -0.1) is 0 Å². The number of anilines is 1. The maximum atomic E-state index is 12.2. The van der Waals surface area contributed by atoms with Crippen LogP contribution in [0.5, 0.6) is 0 Å². The van der Waals surface area contributed by atoms with Gasteiger partial charge in [0.05, 0.1) is 0 Å². The number of hydrogen-bond donors (Lipinski definition) is 2. The molecule has 21 heavy (non-hydrogen) atoms. The second kappa shape index (κ2) is 7.07. The molecule has 1 aromatic carbocycles. The zero-order chi connectivity index (χ0) is 15.2. The van der Waals surface area contributed by atoms with Crippen LogP contribution in [0.25, 0.3) is 10.8 Å². The van der Waals surface area contributed by atoms with Gasteiger partial charge in [0.1, 0.15) is 11.5 Å². The second-order valence-electron chi connectivity index (χ2n) is 5.61. The van der Waals surface area contributed by atoms with Crippen LogP contribution in [0.2, 0.25) is 0 Å². The summed E-state index contributed by atoms with van der Waals surface area (Å²) in [6.45, 7) is 7.75. The molecule has 1 aromatic heterocycles. The van der Waals surface area contributed by atoms with Gasteiger partial charge in [0.2, 0.25) is 0 Å². The van der Waals surface area contributed by atoms with Gasteiger partial charge in [-0.2, -0.15) is 0 Å². The van der Waals surface area contributed by atoms with Gasteiger partial charge < -0.3 is 10.6 Å². The van der Waals surface area contributed by atoms with Gasteiger partial charge in [-0.3, -0.25) is 4.79 Å². The van der Waals surface area contributed by atoms with Gasteiger partial charge in [-0.25, -0.2) is 4.98 Å². The number of rotatable bonds is 6. The highest BCUT2D eigenvalue weighted by Crippen LogP contribution is 2.22. The quantitative estimate of drug-likeness (QED) is 0.854. The Morgan fingerprint density at radius 2 is 2.05 bits per heavy atom. The number of amides is 1. The summed E-state index contributed by atoms with van der Waals surface area (Å²) in [7, 11) is 0. The Labute approximate surface area is 126 Å². The first-order valence-corrected chi connectivity index (χ1v) is 7.53. The number of nitrogens with one attached hydrogen (secondary N) is 2. The van der Waals surface area contributed by atoms with Crippen LogP contribution in [0.4, 0.5) is 5.82 Å². The highest BCUT2D eigenvalue weighted by atomic mass is 16.1. The fourth-order valence-electron chi connectivity index (χ4n) is 2.08. The van der Waals surface area contributed by atoms with E-state index in [1.54, 1.807) is 0 Å². The van der Waals surface area contributed by atoms with Crippen LogP contribution in [0.15, 0.2) is 30.3 Å². The first-order valence-electron chi connectivity index (χ1n) is 7.53. The molecule has 0 saturated heterocycles. The molecule has 0 fully saturated rings. The maximum absolute atomic E-state index is 12.2. The maximum Gasteiger partial charge on any atom is 0.270 e. The van der Waals surface area contributed by atoms with Gasteiger partial charge in [0, 0.05) is 18.5 Å². The van der Waals surface area contributed by atoms with Crippen LogP contribution in [-0.2, 0) is 0 Å². The summed E-state index contributed by atoms with van der Waals surface area (Å²) in [6.07, 6.45) is 1.01. The summed E-state index contributed by atoms with van der Waals surface area (Å²) in [5.74, 6) is 1.09. The highest BCUT2D eigenvalue weighted by Gasteiger charge is 2.12. The third-order valence-corrected chi connectivity index (χ3v) is 3.19. The minimum atomic E-state index is -0.117. The Balaban J connectivity index is 2.33. The number of fused-ring (bicyclic) bond motifs is 1. The number of nitrogens with zero attached hydrogens (tertiary/aromatic N) is 1. The highest BCUT2D eigenvalue weighted by molar-refractivity contribution is 6.00. The lowest BCUT2D eigenvalue weighted by Gasteiger charge is -2.12. The summed E-state index contributed by atoms with van der Waals surface area (Å²) in [6, 6.07) is 9.84. The number of carbonyl (C=O) groups is 1. The van der Waals surface area contributed by atoms with Gasteiger partial charge >= 0.3 is 0 Å². The van der Waals surface area contributed by atoms with Crippen molar-refractivity contribution in [1.82, 2.24) is 10.3 Å². The van der Waals surface area contributed by atoms with E-state index in [2.05, 4.69) is 36.4 Å². The fraction of sp³-hybridized carbons (Fsp3) is 0.412. The molecule has 0 aliphatic heterocycles. The summed E-state index contributed by atoms with van der Waals surface area (Å²) < 4.78 is 0. The van der Waals surface area contributed by atoms with Crippen molar-refractivity contribution in [3.63, 3.8) is 0 Å². The number of hydrogen-bond acceptors (Lipinski definition) is 3. The molecule has 0 aliphatic carbocycles. The fourth-order valence-corrected chi connectivity index (χ4v) is 2.08. The van der Waals surface area contributed by atoms with E-state index in [4.69, 9.17) is 0 Å². The van der Waals surface area contributed by atoms with Gasteiger partial charge in [-0.05, 0) is 23.8 Å². The third-order valence-electron chi connectivity index (χ3n) is 3.19. The molecule has 1 heterocycles. The van der Waals surface area contributed by atoms with E-state index in [1.165, 1.54) is 0 Å². The molecular formula is C17H23N3O. The molecule has 0 aliphatic rings. The molecule has 0 radical (unpaired) electrons. The van der Waals surface area contributed by atoms with Crippen LogP contribution in [0, 0.1) is 5.92 Å². The molecule has 0 atom stereocenters. The lowest BCUT2D eigenvalue weighted by Crippen LogP contribution is -2.28. The van der Waals surface area contributed by atoms with Crippen molar-refractivity contribution in [2.24, 2.45) is 5.92 Å². The van der Waals surface area contributed by atoms with E-state index in [0.29, 0.717) is 18.2 Å². The smallest absolute Gasteiger partial charge is 0.270 e. The predicted molar refractivity (Wildman–Crippen MR) is 87.7 cm³/mol. The molecule has 0 spiro atoms. The third kappa shape index (κ3) is 3.94. The van der Waals surface area contributed by atoms with Crippen LogP contribution in [-0.4, -0.2) is 24.0 Å². The zero-order valence-corrected chi connectivity index (χ0v) is 12.9. The van der Waals surface area contributed by atoms with Crippen molar-refractivity contribution in [3.8, 4) is 0 Å².